The molecule has 2 heterocycles. The van der Waals surface area contributed by atoms with Crippen molar-refractivity contribution < 1.29 is 19.1 Å². The molecule has 0 bridgehead atoms. The first kappa shape index (κ1) is 24.3. The highest BCUT2D eigenvalue weighted by Crippen LogP contribution is 2.32. The molecule has 3 rings (SSSR count). The van der Waals surface area contributed by atoms with Crippen molar-refractivity contribution in [3.8, 4) is 0 Å². The molecule has 1 aromatic rings. The van der Waals surface area contributed by atoms with E-state index in [1.54, 1.807) is 16.7 Å². The number of thioether (sulfide) groups is 1. The SMILES string of the molecule is CCOC(=O)N1CCN(C(=O)CCCCCN2C(=O)/C(=C/c3ccccc3)SC2=S)CC1. The Labute approximate surface area is 198 Å². The van der Waals surface area contributed by atoms with Gasteiger partial charge in [-0.2, -0.15) is 0 Å². The van der Waals surface area contributed by atoms with Crippen LogP contribution in [-0.2, 0) is 14.3 Å². The molecule has 2 saturated heterocycles. The van der Waals surface area contributed by atoms with Crippen LogP contribution in [0, 0.1) is 0 Å². The largest absolute Gasteiger partial charge is 0.450 e. The third-order valence-electron chi connectivity index (χ3n) is 5.40. The van der Waals surface area contributed by atoms with E-state index in [4.69, 9.17) is 17.0 Å². The average molecular weight is 476 g/mol. The maximum absolute atomic E-state index is 12.7. The molecule has 0 saturated carbocycles. The van der Waals surface area contributed by atoms with E-state index in [0.29, 0.717) is 55.0 Å². The molecule has 0 unspecified atom stereocenters. The molecule has 2 aliphatic rings. The van der Waals surface area contributed by atoms with Crippen molar-refractivity contribution >= 4 is 52.3 Å². The molecule has 0 aliphatic carbocycles. The van der Waals surface area contributed by atoms with Gasteiger partial charge < -0.3 is 14.5 Å². The van der Waals surface area contributed by atoms with Gasteiger partial charge in [-0.05, 0) is 31.4 Å². The Morgan fingerprint density at radius 3 is 2.44 bits per heavy atom. The van der Waals surface area contributed by atoms with Gasteiger partial charge in [0.05, 0.1) is 11.5 Å². The van der Waals surface area contributed by atoms with Gasteiger partial charge in [-0.15, -0.1) is 0 Å². The first-order valence-corrected chi connectivity index (χ1v) is 12.2. The van der Waals surface area contributed by atoms with E-state index in [1.165, 1.54) is 11.8 Å². The van der Waals surface area contributed by atoms with E-state index in [1.807, 2.05) is 41.3 Å². The summed E-state index contributed by atoms with van der Waals surface area (Å²) in [6, 6.07) is 9.74. The van der Waals surface area contributed by atoms with Crippen LogP contribution >= 0.6 is 24.0 Å². The molecule has 0 spiro atoms. The number of benzene rings is 1. The lowest BCUT2D eigenvalue weighted by atomic mass is 10.1. The minimum Gasteiger partial charge on any atom is -0.450 e. The van der Waals surface area contributed by atoms with Crippen LogP contribution in [0.15, 0.2) is 35.2 Å². The summed E-state index contributed by atoms with van der Waals surface area (Å²) in [6.07, 6.45) is 4.46. The smallest absolute Gasteiger partial charge is 0.409 e. The molecular formula is C23H29N3O4S2. The summed E-state index contributed by atoms with van der Waals surface area (Å²) in [5.74, 6) is 0.0734. The van der Waals surface area contributed by atoms with Gasteiger partial charge in [0, 0.05) is 39.1 Å². The Morgan fingerprint density at radius 2 is 1.75 bits per heavy atom. The summed E-state index contributed by atoms with van der Waals surface area (Å²) in [5, 5.41) is 0. The van der Waals surface area contributed by atoms with Gasteiger partial charge >= 0.3 is 6.09 Å². The van der Waals surface area contributed by atoms with E-state index < -0.39 is 0 Å². The van der Waals surface area contributed by atoms with Crippen LogP contribution in [0.1, 0.15) is 38.2 Å². The Hall–Kier alpha value is -2.39. The average Bonchev–Trinajstić information content (AvgIpc) is 3.06. The van der Waals surface area contributed by atoms with Crippen molar-refractivity contribution in [1.29, 1.82) is 0 Å². The van der Waals surface area contributed by atoms with Crippen molar-refractivity contribution in [2.45, 2.75) is 32.6 Å². The minimum atomic E-state index is -0.311. The second kappa shape index (κ2) is 12.0. The number of amides is 3. The predicted octanol–water partition coefficient (Wildman–Crippen LogP) is 3.75. The van der Waals surface area contributed by atoms with Crippen LogP contribution in [0.3, 0.4) is 0 Å². The summed E-state index contributed by atoms with van der Waals surface area (Å²) >= 11 is 6.73. The molecule has 7 nitrogen and oxygen atoms in total. The van der Waals surface area contributed by atoms with Crippen LogP contribution in [0.4, 0.5) is 4.79 Å². The maximum atomic E-state index is 12.7. The van der Waals surface area contributed by atoms with E-state index in [-0.39, 0.29) is 17.9 Å². The number of hydrogen-bond donors (Lipinski definition) is 0. The highest BCUT2D eigenvalue weighted by Gasteiger charge is 2.31. The number of piperazine rings is 1. The van der Waals surface area contributed by atoms with Gasteiger partial charge in [0.25, 0.3) is 5.91 Å². The van der Waals surface area contributed by atoms with Gasteiger partial charge in [0.1, 0.15) is 4.32 Å². The Kier molecular flexibility index (Phi) is 9.11. The van der Waals surface area contributed by atoms with E-state index in [2.05, 4.69) is 0 Å². The third kappa shape index (κ3) is 6.56. The van der Waals surface area contributed by atoms with Crippen molar-refractivity contribution in [2.75, 3.05) is 39.3 Å². The number of carbonyl (C=O) groups excluding carboxylic acids is 3. The van der Waals surface area contributed by atoms with E-state index in [0.717, 1.165) is 24.8 Å². The number of thiocarbonyl (C=S) groups is 1. The number of nitrogens with zero attached hydrogens (tertiary/aromatic N) is 3. The molecular weight excluding hydrogens is 446 g/mol. The summed E-state index contributed by atoms with van der Waals surface area (Å²) in [6.45, 7) is 4.82. The monoisotopic (exact) mass is 475 g/mol. The molecule has 0 N–H and O–H groups in total. The third-order valence-corrected chi connectivity index (χ3v) is 6.78. The van der Waals surface area contributed by atoms with Crippen molar-refractivity contribution in [3.05, 3.63) is 40.8 Å². The number of unbranched alkanes of at least 4 members (excludes halogenated alkanes) is 2. The normalized spacial score (nSPS) is 17.9. The predicted molar refractivity (Wildman–Crippen MR) is 130 cm³/mol. The van der Waals surface area contributed by atoms with E-state index in [9.17, 15) is 14.4 Å². The Bertz CT molecular complexity index is 867. The van der Waals surface area contributed by atoms with Crippen LogP contribution in [0.5, 0.6) is 0 Å². The standard InChI is InChI=1S/C23H29N3O4S2/c1-2-30-22(29)25-15-13-24(14-16-25)20(27)11-7-4-8-12-26-21(28)19(32-23(26)31)17-18-9-5-3-6-10-18/h3,5-6,9-10,17H,2,4,7-8,11-16H2,1H3/b19-17-. The zero-order valence-corrected chi connectivity index (χ0v) is 20.0. The Balaban J connectivity index is 1.35. The summed E-state index contributed by atoms with van der Waals surface area (Å²) < 4.78 is 5.59. The molecule has 0 aromatic heterocycles. The fourth-order valence-electron chi connectivity index (χ4n) is 3.63. The van der Waals surface area contributed by atoms with E-state index >= 15 is 0 Å². The highest BCUT2D eigenvalue weighted by molar-refractivity contribution is 8.26. The highest BCUT2D eigenvalue weighted by atomic mass is 32.2. The van der Waals surface area contributed by atoms with Crippen LogP contribution in [0.25, 0.3) is 6.08 Å². The zero-order chi connectivity index (χ0) is 22.9. The first-order valence-electron chi connectivity index (χ1n) is 11.0. The quantitative estimate of drug-likeness (QED) is 0.324. The number of carbonyl (C=O) groups is 3. The molecule has 9 heteroatoms. The van der Waals surface area contributed by atoms with Crippen molar-refractivity contribution in [1.82, 2.24) is 14.7 Å². The zero-order valence-electron chi connectivity index (χ0n) is 18.3. The fourth-order valence-corrected chi connectivity index (χ4v) is 4.94. The molecule has 32 heavy (non-hydrogen) atoms. The number of hydrogen-bond acceptors (Lipinski definition) is 6. The van der Waals surface area contributed by atoms with Crippen LogP contribution < -0.4 is 0 Å². The lowest BCUT2D eigenvalue weighted by molar-refractivity contribution is -0.133. The van der Waals surface area contributed by atoms with Gasteiger partial charge in [0.15, 0.2) is 0 Å². The first-order chi connectivity index (χ1) is 15.5. The number of rotatable bonds is 8. The fraction of sp³-hybridized carbons (Fsp3) is 0.478. The lowest BCUT2D eigenvalue weighted by Gasteiger charge is -2.34. The lowest BCUT2D eigenvalue weighted by Crippen LogP contribution is -2.50. The molecule has 2 aliphatic heterocycles. The van der Waals surface area contributed by atoms with Gasteiger partial charge in [0.2, 0.25) is 5.91 Å². The summed E-state index contributed by atoms with van der Waals surface area (Å²) in [7, 11) is 0. The summed E-state index contributed by atoms with van der Waals surface area (Å²) in [5.41, 5.74) is 0.981. The summed E-state index contributed by atoms with van der Waals surface area (Å²) in [4.78, 5) is 42.6. The van der Waals surface area contributed by atoms with Gasteiger partial charge in [-0.25, -0.2) is 4.79 Å². The van der Waals surface area contributed by atoms with Gasteiger partial charge in [-0.1, -0.05) is 60.7 Å². The van der Waals surface area contributed by atoms with Crippen LogP contribution in [-0.4, -0.2) is 76.3 Å². The van der Waals surface area contributed by atoms with Crippen molar-refractivity contribution in [2.24, 2.45) is 0 Å². The molecule has 0 atom stereocenters. The Morgan fingerprint density at radius 1 is 1.06 bits per heavy atom. The maximum Gasteiger partial charge on any atom is 0.409 e. The second-order valence-corrected chi connectivity index (χ2v) is 9.30. The second-order valence-electron chi connectivity index (χ2n) is 7.62. The molecule has 172 valence electrons. The molecule has 3 amide bonds. The minimum absolute atomic E-state index is 0.0422. The molecule has 2 fully saturated rings. The molecule has 1 aromatic carbocycles. The number of ether oxygens (including phenoxy) is 1. The topological polar surface area (TPSA) is 70.2 Å². The van der Waals surface area contributed by atoms with Gasteiger partial charge in [-0.3, -0.25) is 14.5 Å². The van der Waals surface area contributed by atoms with Crippen molar-refractivity contribution in [3.63, 3.8) is 0 Å². The van der Waals surface area contributed by atoms with Crippen LogP contribution in [0.2, 0.25) is 0 Å². The molecule has 0 radical (unpaired) electrons.